The molecule has 1 unspecified atom stereocenters. The van der Waals surface area contributed by atoms with E-state index in [1.165, 1.54) is 5.56 Å². The average molecular weight is 506 g/mol. The van der Waals surface area contributed by atoms with Gasteiger partial charge in [0.15, 0.2) is 5.96 Å². The Bertz CT molecular complexity index is 904. The van der Waals surface area contributed by atoms with Crippen LogP contribution >= 0.6 is 35.3 Å². The summed E-state index contributed by atoms with van der Waals surface area (Å²) < 4.78 is 5.96. The van der Waals surface area contributed by atoms with Crippen LogP contribution in [0.5, 0.6) is 5.75 Å². The van der Waals surface area contributed by atoms with Crippen LogP contribution in [0.1, 0.15) is 11.3 Å². The normalized spacial score (nSPS) is 15.3. The predicted molar refractivity (Wildman–Crippen MR) is 126 cm³/mol. The molecule has 146 valence electrons. The second-order valence-electron chi connectivity index (χ2n) is 6.37. The molecule has 1 atom stereocenters. The summed E-state index contributed by atoms with van der Waals surface area (Å²) in [5.74, 6) is 1.74. The summed E-state index contributed by atoms with van der Waals surface area (Å²) in [6, 6.07) is 18.4. The maximum Gasteiger partial charge on any atom is 0.191 e. The molecular formula is C21H23IN4OS. The first-order valence-electron chi connectivity index (χ1n) is 9.01. The molecule has 7 heteroatoms. The number of thiazole rings is 1. The molecule has 2 aromatic carbocycles. The molecule has 0 bridgehead atoms. The van der Waals surface area contributed by atoms with Crippen molar-refractivity contribution in [3.8, 4) is 16.3 Å². The topological polar surface area (TPSA) is 58.5 Å². The summed E-state index contributed by atoms with van der Waals surface area (Å²) in [4.78, 5) is 8.99. The Balaban J connectivity index is 0.00000225. The molecule has 0 fully saturated rings. The summed E-state index contributed by atoms with van der Waals surface area (Å²) in [5.41, 5.74) is 3.42. The number of rotatable bonds is 5. The molecule has 5 nitrogen and oxygen atoms in total. The van der Waals surface area contributed by atoms with Gasteiger partial charge in [0.05, 0.1) is 18.8 Å². The first kappa shape index (κ1) is 20.6. The third-order valence-electron chi connectivity index (χ3n) is 4.44. The van der Waals surface area contributed by atoms with Gasteiger partial charge in [0, 0.05) is 24.4 Å². The zero-order valence-electron chi connectivity index (χ0n) is 15.6. The van der Waals surface area contributed by atoms with E-state index in [1.807, 2.05) is 30.3 Å². The van der Waals surface area contributed by atoms with Crippen LogP contribution < -0.4 is 15.4 Å². The minimum Gasteiger partial charge on any atom is -0.488 e. The number of halogens is 1. The fourth-order valence-corrected chi connectivity index (χ4v) is 3.90. The van der Waals surface area contributed by atoms with Crippen molar-refractivity contribution in [2.24, 2.45) is 4.99 Å². The fourth-order valence-electron chi connectivity index (χ4n) is 3.07. The number of aliphatic imine (C=N–C) groups is 1. The number of guanidine groups is 1. The maximum atomic E-state index is 5.96. The number of nitrogens with zero attached hydrogens (tertiary/aromatic N) is 2. The highest BCUT2D eigenvalue weighted by molar-refractivity contribution is 14.0. The Labute approximate surface area is 186 Å². The standard InChI is InChI=1S/C21H22N4OS.HI/c1-22-21(24-13-18-11-16-9-5-6-10-19(16)26-18)23-12-17-14-27-20(25-17)15-7-3-2-4-8-15;/h2-10,14,18H,11-13H2,1H3,(H2,22,23,24);1H. The lowest BCUT2D eigenvalue weighted by Crippen LogP contribution is -2.42. The Morgan fingerprint density at radius 2 is 1.93 bits per heavy atom. The van der Waals surface area contributed by atoms with Crippen molar-refractivity contribution >= 4 is 41.3 Å². The quantitative estimate of drug-likeness (QED) is 0.311. The van der Waals surface area contributed by atoms with Crippen LogP contribution in [0.15, 0.2) is 65.0 Å². The third-order valence-corrected chi connectivity index (χ3v) is 5.38. The Kier molecular flexibility index (Phi) is 7.27. The van der Waals surface area contributed by atoms with Crippen LogP contribution in [0, 0.1) is 0 Å². The molecule has 3 aromatic rings. The second-order valence-corrected chi connectivity index (χ2v) is 7.23. The smallest absolute Gasteiger partial charge is 0.191 e. The van der Waals surface area contributed by atoms with Crippen LogP contribution in [0.3, 0.4) is 0 Å². The summed E-state index contributed by atoms with van der Waals surface area (Å²) in [5, 5.41) is 9.78. The zero-order valence-corrected chi connectivity index (χ0v) is 18.7. The highest BCUT2D eigenvalue weighted by Crippen LogP contribution is 2.27. The number of fused-ring (bicyclic) bond motifs is 1. The van der Waals surface area contributed by atoms with Crippen LogP contribution in [0.2, 0.25) is 0 Å². The molecule has 1 aliphatic rings. The van der Waals surface area contributed by atoms with Crippen LogP contribution in [-0.4, -0.2) is 30.6 Å². The first-order valence-corrected chi connectivity index (χ1v) is 9.88. The van der Waals surface area contributed by atoms with Gasteiger partial charge >= 0.3 is 0 Å². The van der Waals surface area contributed by atoms with Gasteiger partial charge in [0.25, 0.3) is 0 Å². The van der Waals surface area contributed by atoms with Gasteiger partial charge in [-0.05, 0) is 11.6 Å². The number of aromatic nitrogens is 1. The van der Waals surface area contributed by atoms with Crippen LogP contribution in [0.25, 0.3) is 10.6 Å². The lowest BCUT2D eigenvalue weighted by Gasteiger charge is -2.15. The summed E-state index contributed by atoms with van der Waals surface area (Å²) in [6.45, 7) is 1.34. The predicted octanol–water partition coefficient (Wildman–Crippen LogP) is 4.10. The van der Waals surface area contributed by atoms with Crippen molar-refractivity contribution in [2.75, 3.05) is 13.6 Å². The van der Waals surface area contributed by atoms with E-state index in [2.05, 4.69) is 45.3 Å². The highest BCUT2D eigenvalue weighted by atomic mass is 127. The average Bonchev–Trinajstić information content (AvgIpc) is 3.35. The molecule has 0 radical (unpaired) electrons. The molecule has 1 aromatic heterocycles. The van der Waals surface area contributed by atoms with E-state index < -0.39 is 0 Å². The van der Waals surface area contributed by atoms with Gasteiger partial charge in [-0.1, -0.05) is 48.5 Å². The molecule has 2 heterocycles. The van der Waals surface area contributed by atoms with Crippen molar-refractivity contribution in [3.63, 3.8) is 0 Å². The molecule has 1 aliphatic heterocycles. The van der Waals surface area contributed by atoms with Gasteiger partial charge in [-0.2, -0.15) is 0 Å². The Morgan fingerprint density at radius 1 is 1.14 bits per heavy atom. The van der Waals surface area contributed by atoms with Crippen molar-refractivity contribution in [1.29, 1.82) is 0 Å². The molecule has 4 rings (SSSR count). The molecule has 2 N–H and O–H groups in total. The lowest BCUT2D eigenvalue weighted by molar-refractivity contribution is 0.235. The molecule has 0 saturated carbocycles. The molecule has 28 heavy (non-hydrogen) atoms. The lowest BCUT2D eigenvalue weighted by atomic mass is 10.1. The number of hydrogen-bond donors (Lipinski definition) is 2. The van der Waals surface area contributed by atoms with Gasteiger partial charge in [0.2, 0.25) is 0 Å². The minimum atomic E-state index is 0. The van der Waals surface area contributed by atoms with Gasteiger partial charge < -0.3 is 15.4 Å². The van der Waals surface area contributed by atoms with Crippen LogP contribution in [0.4, 0.5) is 0 Å². The van der Waals surface area contributed by atoms with Crippen molar-refractivity contribution in [1.82, 2.24) is 15.6 Å². The largest absolute Gasteiger partial charge is 0.488 e. The monoisotopic (exact) mass is 506 g/mol. The summed E-state index contributed by atoms with van der Waals surface area (Å²) in [6.07, 6.45) is 1.05. The van der Waals surface area contributed by atoms with E-state index in [4.69, 9.17) is 9.72 Å². The maximum absolute atomic E-state index is 5.96. The van der Waals surface area contributed by atoms with Crippen molar-refractivity contribution in [2.45, 2.75) is 19.1 Å². The van der Waals surface area contributed by atoms with Gasteiger partial charge in [-0.25, -0.2) is 4.98 Å². The van der Waals surface area contributed by atoms with E-state index in [1.54, 1.807) is 18.4 Å². The number of ether oxygens (including phenoxy) is 1. The van der Waals surface area contributed by atoms with E-state index >= 15 is 0 Å². The molecule has 0 amide bonds. The van der Waals surface area contributed by atoms with E-state index in [0.29, 0.717) is 13.1 Å². The first-order chi connectivity index (χ1) is 13.3. The number of para-hydroxylation sites is 1. The third kappa shape index (κ3) is 5.02. The van der Waals surface area contributed by atoms with Gasteiger partial charge in [-0.3, -0.25) is 4.99 Å². The SMILES string of the molecule is CN=C(NCc1csc(-c2ccccc2)n1)NCC1Cc2ccccc2O1.I. The van der Waals surface area contributed by atoms with E-state index in [9.17, 15) is 0 Å². The molecular weight excluding hydrogens is 483 g/mol. The van der Waals surface area contributed by atoms with Crippen molar-refractivity contribution in [3.05, 3.63) is 71.2 Å². The highest BCUT2D eigenvalue weighted by Gasteiger charge is 2.22. The number of nitrogens with one attached hydrogen (secondary N) is 2. The Hall–Kier alpha value is -2.13. The van der Waals surface area contributed by atoms with E-state index in [0.717, 1.165) is 34.4 Å². The number of benzene rings is 2. The zero-order chi connectivity index (χ0) is 18.5. The van der Waals surface area contributed by atoms with Crippen molar-refractivity contribution < 1.29 is 4.74 Å². The van der Waals surface area contributed by atoms with Gasteiger partial charge in [-0.15, -0.1) is 35.3 Å². The minimum absolute atomic E-state index is 0. The summed E-state index contributed by atoms with van der Waals surface area (Å²) in [7, 11) is 1.77. The van der Waals surface area contributed by atoms with Crippen LogP contribution in [-0.2, 0) is 13.0 Å². The molecule has 0 spiro atoms. The second kappa shape index (κ2) is 9.88. The summed E-state index contributed by atoms with van der Waals surface area (Å²) >= 11 is 1.66. The number of hydrogen-bond acceptors (Lipinski definition) is 4. The Morgan fingerprint density at radius 3 is 2.71 bits per heavy atom. The fraction of sp³-hybridized carbons (Fsp3) is 0.238. The molecule has 0 saturated heterocycles. The van der Waals surface area contributed by atoms with Gasteiger partial charge in [0.1, 0.15) is 16.9 Å². The molecule has 0 aliphatic carbocycles. The van der Waals surface area contributed by atoms with E-state index in [-0.39, 0.29) is 30.1 Å².